The Hall–Kier alpha value is -0.340. The number of hydrogen-bond donors (Lipinski definition) is 1. The van der Waals surface area contributed by atoms with Crippen molar-refractivity contribution < 1.29 is 0 Å². The fourth-order valence-electron chi connectivity index (χ4n) is 2.46. The second-order valence-electron chi connectivity index (χ2n) is 6.15. The molecule has 0 aliphatic heterocycles. The van der Waals surface area contributed by atoms with Gasteiger partial charge in [-0.05, 0) is 52.4 Å². The van der Waals surface area contributed by atoms with Crippen LogP contribution in [0.3, 0.4) is 0 Å². The second-order valence-corrected chi connectivity index (χ2v) is 6.15. The maximum atomic E-state index is 5.94. The molecule has 0 aromatic carbocycles. The maximum Gasteiger partial charge on any atom is 0.0165 e. The summed E-state index contributed by atoms with van der Waals surface area (Å²) in [5.41, 5.74) is 6.19. The lowest BCUT2D eigenvalue weighted by molar-refractivity contribution is 0.114. The van der Waals surface area contributed by atoms with E-state index in [1.54, 1.807) is 0 Å². The molecule has 1 aliphatic carbocycles. The van der Waals surface area contributed by atoms with Crippen molar-refractivity contribution in [2.45, 2.75) is 58.0 Å². The molecule has 94 valence electrons. The van der Waals surface area contributed by atoms with Gasteiger partial charge in [-0.3, -0.25) is 4.90 Å². The normalized spacial score (nSPS) is 27.1. The van der Waals surface area contributed by atoms with Gasteiger partial charge in [0.05, 0.1) is 0 Å². The highest BCUT2D eigenvalue weighted by Crippen LogP contribution is 2.26. The molecule has 2 nitrogen and oxygen atoms in total. The molecule has 1 saturated carbocycles. The molecule has 1 aliphatic rings. The molecule has 0 heterocycles. The summed E-state index contributed by atoms with van der Waals surface area (Å²) in [6, 6.07) is 0.457. The van der Waals surface area contributed by atoms with Gasteiger partial charge in [-0.25, -0.2) is 0 Å². The van der Waals surface area contributed by atoms with Crippen molar-refractivity contribution in [2.24, 2.45) is 11.7 Å². The van der Waals surface area contributed by atoms with Crippen LogP contribution in [0.25, 0.3) is 0 Å². The van der Waals surface area contributed by atoms with Gasteiger partial charge in [0.15, 0.2) is 0 Å². The van der Waals surface area contributed by atoms with Gasteiger partial charge in [0.25, 0.3) is 0 Å². The van der Waals surface area contributed by atoms with Crippen LogP contribution in [0, 0.1) is 5.92 Å². The Kier molecular flexibility index (Phi) is 5.00. The molecule has 0 spiro atoms. The summed E-state index contributed by atoms with van der Waals surface area (Å²) in [6.45, 7) is 12.9. The van der Waals surface area contributed by atoms with E-state index in [2.05, 4.69) is 32.3 Å². The predicted octanol–water partition coefficient (Wildman–Crippen LogP) is 2.79. The van der Waals surface area contributed by atoms with Crippen molar-refractivity contribution in [2.75, 3.05) is 13.1 Å². The highest BCUT2D eigenvalue weighted by molar-refractivity contribution is 4.86. The molecule has 16 heavy (non-hydrogen) atoms. The third kappa shape index (κ3) is 4.26. The minimum atomic E-state index is 0.244. The van der Waals surface area contributed by atoms with E-state index < -0.39 is 0 Å². The van der Waals surface area contributed by atoms with E-state index in [1.807, 2.05) is 6.08 Å². The fourth-order valence-corrected chi connectivity index (χ4v) is 2.46. The average molecular weight is 224 g/mol. The van der Waals surface area contributed by atoms with E-state index >= 15 is 0 Å². The van der Waals surface area contributed by atoms with Crippen LogP contribution in [0.5, 0.6) is 0 Å². The molecule has 2 heteroatoms. The van der Waals surface area contributed by atoms with Crippen LogP contribution in [-0.4, -0.2) is 29.6 Å². The number of hydrogen-bond acceptors (Lipinski definition) is 2. The molecule has 0 saturated heterocycles. The van der Waals surface area contributed by atoms with E-state index in [9.17, 15) is 0 Å². The van der Waals surface area contributed by atoms with Crippen LogP contribution in [0.2, 0.25) is 0 Å². The zero-order chi connectivity index (χ0) is 12.2. The maximum absolute atomic E-state index is 5.94. The minimum Gasteiger partial charge on any atom is -0.328 e. The molecular formula is C14H28N2. The molecule has 0 unspecified atom stereocenters. The molecular weight excluding hydrogens is 196 g/mol. The Bertz CT molecular complexity index is 209. The molecule has 1 fully saturated rings. The first-order chi connectivity index (χ1) is 7.43. The molecule has 0 bridgehead atoms. The third-order valence-corrected chi connectivity index (χ3v) is 3.67. The summed E-state index contributed by atoms with van der Waals surface area (Å²) in [6.07, 6.45) is 7.02. The van der Waals surface area contributed by atoms with Gasteiger partial charge in [0.1, 0.15) is 0 Å². The van der Waals surface area contributed by atoms with Crippen LogP contribution in [0.1, 0.15) is 46.5 Å². The van der Waals surface area contributed by atoms with Crippen LogP contribution in [0.4, 0.5) is 0 Å². The van der Waals surface area contributed by atoms with Gasteiger partial charge in [0.2, 0.25) is 0 Å². The molecule has 0 aromatic heterocycles. The minimum absolute atomic E-state index is 0.244. The fraction of sp³-hybridized carbons (Fsp3) is 0.857. The van der Waals surface area contributed by atoms with E-state index in [-0.39, 0.29) is 5.54 Å². The average Bonchev–Trinajstić information content (AvgIpc) is 2.19. The lowest BCUT2D eigenvalue weighted by Gasteiger charge is -2.39. The Labute approximate surface area is 101 Å². The Balaban J connectivity index is 2.45. The van der Waals surface area contributed by atoms with Crippen molar-refractivity contribution in [1.82, 2.24) is 4.90 Å². The first-order valence-corrected chi connectivity index (χ1v) is 6.55. The molecule has 0 aromatic rings. The van der Waals surface area contributed by atoms with Crippen LogP contribution in [-0.2, 0) is 0 Å². The summed E-state index contributed by atoms with van der Waals surface area (Å²) in [4.78, 5) is 2.53. The van der Waals surface area contributed by atoms with Gasteiger partial charge < -0.3 is 5.73 Å². The van der Waals surface area contributed by atoms with Crippen LogP contribution >= 0.6 is 0 Å². The van der Waals surface area contributed by atoms with Crippen molar-refractivity contribution in [3.05, 3.63) is 12.7 Å². The van der Waals surface area contributed by atoms with Crippen molar-refractivity contribution in [3.63, 3.8) is 0 Å². The number of rotatable bonds is 4. The molecule has 0 radical (unpaired) electrons. The third-order valence-electron chi connectivity index (χ3n) is 3.67. The second kappa shape index (κ2) is 5.83. The molecule has 1 rings (SSSR count). The van der Waals surface area contributed by atoms with Crippen LogP contribution < -0.4 is 5.73 Å². The highest BCUT2D eigenvalue weighted by Gasteiger charge is 2.25. The SMILES string of the molecule is C=CCN(CC1CCC(N)CC1)C(C)(C)C. The number of nitrogens with zero attached hydrogens (tertiary/aromatic N) is 1. The Morgan fingerprint density at radius 3 is 2.25 bits per heavy atom. The lowest BCUT2D eigenvalue weighted by atomic mass is 9.85. The van der Waals surface area contributed by atoms with Gasteiger partial charge >= 0.3 is 0 Å². The van der Waals surface area contributed by atoms with E-state index in [4.69, 9.17) is 5.73 Å². The van der Waals surface area contributed by atoms with Gasteiger partial charge in [0, 0.05) is 24.7 Å². The monoisotopic (exact) mass is 224 g/mol. The summed E-state index contributed by atoms with van der Waals surface area (Å²) in [5.74, 6) is 0.832. The summed E-state index contributed by atoms with van der Waals surface area (Å²) >= 11 is 0. The first-order valence-electron chi connectivity index (χ1n) is 6.55. The lowest BCUT2D eigenvalue weighted by Crippen LogP contribution is -2.45. The van der Waals surface area contributed by atoms with Crippen molar-refractivity contribution in [3.8, 4) is 0 Å². The van der Waals surface area contributed by atoms with Crippen molar-refractivity contribution >= 4 is 0 Å². The Morgan fingerprint density at radius 2 is 1.81 bits per heavy atom. The van der Waals surface area contributed by atoms with Crippen LogP contribution in [0.15, 0.2) is 12.7 Å². The summed E-state index contributed by atoms with van der Waals surface area (Å²) in [5, 5.41) is 0. The zero-order valence-corrected chi connectivity index (χ0v) is 11.2. The van der Waals surface area contributed by atoms with Gasteiger partial charge in [-0.1, -0.05) is 6.08 Å². The topological polar surface area (TPSA) is 29.3 Å². The standard InChI is InChI=1S/C14H28N2/c1-5-10-16(14(2,3)4)11-12-6-8-13(15)9-7-12/h5,12-13H,1,6-11,15H2,2-4H3. The summed E-state index contributed by atoms with van der Waals surface area (Å²) < 4.78 is 0. The predicted molar refractivity (Wildman–Crippen MR) is 71.5 cm³/mol. The highest BCUT2D eigenvalue weighted by atomic mass is 15.2. The van der Waals surface area contributed by atoms with E-state index in [0.29, 0.717) is 6.04 Å². The largest absolute Gasteiger partial charge is 0.328 e. The van der Waals surface area contributed by atoms with E-state index in [1.165, 1.54) is 32.2 Å². The van der Waals surface area contributed by atoms with Gasteiger partial charge in [-0.15, -0.1) is 6.58 Å². The molecule has 0 atom stereocenters. The molecule has 0 amide bonds. The first kappa shape index (κ1) is 13.7. The van der Waals surface area contributed by atoms with Gasteiger partial charge in [-0.2, -0.15) is 0 Å². The van der Waals surface area contributed by atoms with Crippen molar-refractivity contribution in [1.29, 1.82) is 0 Å². The quantitative estimate of drug-likeness (QED) is 0.744. The smallest absolute Gasteiger partial charge is 0.0165 e. The zero-order valence-electron chi connectivity index (χ0n) is 11.2. The molecule has 2 N–H and O–H groups in total. The summed E-state index contributed by atoms with van der Waals surface area (Å²) in [7, 11) is 0. The number of nitrogens with two attached hydrogens (primary N) is 1. The Morgan fingerprint density at radius 1 is 1.25 bits per heavy atom. The van der Waals surface area contributed by atoms with E-state index in [0.717, 1.165) is 12.5 Å².